The van der Waals surface area contributed by atoms with Crippen molar-refractivity contribution < 1.29 is 13.2 Å². The van der Waals surface area contributed by atoms with E-state index in [0.29, 0.717) is 13.1 Å². The Morgan fingerprint density at radius 1 is 1.15 bits per heavy atom. The summed E-state index contributed by atoms with van der Waals surface area (Å²) in [7, 11) is -3.51. The lowest BCUT2D eigenvalue weighted by Gasteiger charge is -2.20. The van der Waals surface area contributed by atoms with Crippen molar-refractivity contribution in [2.75, 3.05) is 19.8 Å². The van der Waals surface area contributed by atoms with E-state index in [1.165, 1.54) is 4.31 Å². The van der Waals surface area contributed by atoms with Crippen LogP contribution in [0.1, 0.15) is 19.4 Å². The molecule has 1 aromatic rings. The van der Waals surface area contributed by atoms with E-state index in [0.717, 1.165) is 5.56 Å². The third-order valence-electron chi connectivity index (χ3n) is 3.41. The molecule has 1 fully saturated rings. The van der Waals surface area contributed by atoms with Crippen LogP contribution < -0.4 is 0 Å². The summed E-state index contributed by atoms with van der Waals surface area (Å²) in [5.74, 6) is -0.122. The van der Waals surface area contributed by atoms with E-state index in [2.05, 4.69) is 0 Å². The molecule has 6 heteroatoms. The molecule has 0 saturated carbocycles. The topological polar surface area (TPSA) is 57.7 Å². The van der Waals surface area contributed by atoms with Crippen LogP contribution in [0, 0.1) is 12.8 Å². The number of hydrogen-bond donors (Lipinski definition) is 0. The highest BCUT2D eigenvalue weighted by Gasteiger charge is 2.33. The first-order chi connectivity index (χ1) is 9.32. The zero-order chi connectivity index (χ0) is 14.9. The smallest absolute Gasteiger partial charge is 0.244 e. The second-order valence-electron chi connectivity index (χ2n) is 5.39. The van der Waals surface area contributed by atoms with E-state index in [-0.39, 0.29) is 23.4 Å². The minimum Gasteiger partial charge on any atom is -0.327 e. The van der Waals surface area contributed by atoms with Gasteiger partial charge in [0.2, 0.25) is 15.9 Å². The van der Waals surface area contributed by atoms with Crippen molar-refractivity contribution in [2.45, 2.75) is 25.7 Å². The number of nitrogens with zero attached hydrogens (tertiary/aromatic N) is 2. The molecule has 1 saturated heterocycles. The van der Waals surface area contributed by atoms with Gasteiger partial charge in [0.15, 0.2) is 0 Å². The quantitative estimate of drug-likeness (QED) is 0.848. The first-order valence-electron chi connectivity index (χ1n) is 6.68. The predicted octanol–water partition coefficient (Wildman–Crippen LogP) is 1.44. The Bertz CT molecular complexity index is 593. The van der Waals surface area contributed by atoms with E-state index in [1.807, 2.05) is 20.8 Å². The fourth-order valence-electron chi connectivity index (χ4n) is 2.16. The van der Waals surface area contributed by atoms with E-state index in [1.54, 1.807) is 29.2 Å². The number of carbonyl (C=O) groups is 1. The molecule has 5 nitrogen and oxygen atoms in total. The van der Waals surface area contributed by atoms with Crippen LogP contribution in [-0.2, 0) is 14.8 Å². The summed E-state index contributed by atoms with van der Waals surface area (Å²) in [5.41, 5.74) is 1.02. The zero-order valence-corrected chi connectivity index (χ0v) is 12.9. The Labute approximate surface area is 120 Å². The van der Waals surface area contributed by atoms with E-state index in [9.17, 15) is 13.2 Å². The molecule has 0 aromatic heterocycles. The second-order valence-corrected chi connectivity index (χ2v) is 7.33. The maximum absolute atomic E-state index is 12.5. The predicted molar refractivity (Wildman–Crippen MR) is 76.5 cm³/mol. The van der Waals surface area contributed by atoms with Gasteiger partial charge in [0, 0.05) is 19.0 Å². The van der Waals surface area contributed by atoms with Gasteiger partial charge in [-0.1, -0.05) is 31.5 Å². The number of aryl methyl sites for hydroxylation is 1. The standard InChI is InChI=1S/C14H20N2O3S/c1-11(2)14(17)15-8-9-16(10-15)20(18,19)13-6-4-12(3)5-7-13/h4-7,11H,8-10H2,1-3H3. The molecule has 1 heterocycles. The van der Waals surface area contributed by atoms with Gasteiger partial charge in [-0.15, -0.1) is 0 Å². The summed E-state index contributed by atoms with van der Waals surface area (Å²) in [4.78, 5) is 13.8. The average Bonchev–Trinajstić information content (AvgIpc) is 2.88. The number of amides is 1. The zero-order valence-electron chi connectivity index (χ0n) is 12.0. The van der Waals surface area contributed by atoms with Crippen molar-refractivity contribution in [3.63, 3.8) is 0 Å². The van der Waals surface area contributed by atoms with Gasteiger partial charge in [0.1, 0.15) is 0 Å². The van der Waals surface area contributed by atoms with E-state index < -0.39 is 10.0 Å². The molecule has 1 aromatic carbocycles. The third kappa shape index (κ3) is 2.86. The van der Waals surface area contributed by atoms with Crippen molar-refractivity contribution >= 4 is 15.9 Å². The fraction of sp³-hybridized carbons (Fsp3) is 0.500. The highest BCUT2D eigenvalue weighted by molar-refractivity contribution is 7.89. The molecule has 110 valence electrons. The number of hydrogen-bond acceptors (Lipinski definition) is 3. The van der Waals surface area contributed by atoms with Crippen LogP contribution in [0.5, 0.6) is 0 Å². The van der Waals surface area contributed by atoms with E-state index >= 15 is 0 Å². The third-order valence-corrected chi connectivity index (χ3v) is 5.26. The van der Waals surface area contributed by atoms with Crippen molar-refractivity contribution in [1.82, 2.24) is 9.21 Å². The molecule has 0 radical (unpaired) electrons. The van der Waals surface area contributed by atoms with Gasteiger partial charge in [-0.3, -0.25) is 4.79 Å². The van der Waals surface area contributed by atoms with Crippen LogP contribution >= 0.6 is 0 Å². The summed E-state index contributed by atoms with van der Waals surface area (Å²) in [5, 5.41) is 0. The Hall–Kier alpha value is -1.40. The van der Waals surface area contributed by atoms with Gasteiger partial charge in [0.25, 0.3) is 0 Å². The maximum atomic E-state index is 12.5. The van der Waals surface area contributed by atoms with Crippen molar-refractivity contribution in [2.24, 2.45) is 5.92 Å². The number of carbonyl (C=O) groups excluding carboxylic acids is 1. The van der Waals surface area contributed by atoms with Crippen LogP contribution in [0.3, 0.4) is 0 Å². The van der Waals surface area contributed by atoms with Crippen molar-refractivity contribution in [3.05, 3.63) is 29.8 Å². The van der Waals surface area contributed by atoms with Gasteiger partial charge in [-0.25, -0.2) is 8.42 Å². The summed E-state index contributed by atoms with van der Waals surface area (Å²) >= 11 is 0. The average molecular weight is 296 g/mol. The van der Waals surface area contributed by atoms with Crippen LogP contribution in [0.15, 0.2) is 29.2 Å². The van der Waals surface area contributed by atoms with Gasteiger partial charge >= 0.3 is 0 Å². The Kier molecular flexibility index (Phi) is 4.15. The fourth-order valence-corrected chi connectivity index (χ4v) is 3.56. The molecule has 0 aliphatic carbocycles. The summed E-state index contributed by atoms with van der Waals surface area (Å²) < 4.78 is 26.3. The van der Waals surface area contributed by atoms with Gasteiger partial charge in [0.05, 0.1) is 11.6 Å². The first kappa shape index (κ1) is 15.0. The van der Waals surface area contributed by atoms with Gasteiger partial charge < -0.3 is 4.90 Å². The maximum Gasteiger partial charge on any atom is 0.244 e. The highest BCUT2D eigenvalue weighted by atomic mass is 32.2. The number of benzene rings is 1. The molecule has 1 aliphatic rings. The Balaban J connectivity index is 2.16. The minimum atomic E-state index is -3.51. The summed E-state index contributed by atoms with van der Waals surface area (Å²) in [6.07, 6.45) is 0. The molecule has 0 N–H and O–H groups in total. The monoisotopic (exact) mass is 296 g/mol. The largest absolute Gasteiger partial charge is 0.327 e. The molecule has 2 rings (SSSR count). The molecular weight excluding hydrogens is 276 g/mol. The molecule has 0 atom stereocenters. The highest BCUT2D eigenvalue weighted by Crippen LogP contribution is 2.20. The van der Waals surface area contributed by atoms with Crippen LogP contribution in [0.2, 0.25) is 0 Å². The molecule has 0 unspecified atom stereocenters. The Morgan fingerprint density at radius 2 is 1.75 bits per heavy atom. The molecule has 1 amide bonds. The number of sulfonamides is 1. The minimum absolute atomic E-state index is 0.00777. The molecule has 0 spiro atoms. The first-order valence-corrected chi connectivity index (χ1v) is 8.12. The Morgan fingerprint density at radius 3 is 2.30 bits per heavy atom. The molecule has 0 bridgehead atoms. The molecule has 1 aliphatic heterocycles. The molecule has 20 heavy (non-hydrogen) atoms. The van der Waals surface area contributed by atoms with Crippen LogP contribution in [0.4, 0.5) is 0 Å². The lowest BCUT2D eigenvalue weighted by Crippen LogP contribution is -2.35. The van der Waals surface area contributed by atoms with Crippen molar-refractivity contribution in [3.8, 4) is 0 Å². The number of rotatable bonds is 3. The SMILES string of the molecule is Cc1ccc(S(=O)(=O)N2CCN(C(=O)C(C)C)C2)cc1. The van der Waals surface area contributed by atoms with Gasteiger partial charge in [-0.2, -0.15) is 4.31 Å². The van der Waals surface area contributed by atoms with E-state index in [4.69, 9.17) is 0 Å². The lowest BCUT2D eigenvalue weighted by atomic mass is 10.2. The van der Waals surface area contributed by atoms with Crippen LogP contribution in [-0.4, -0.2) is 43.3 Å². The normalized spacial score (nSPS) is 16.9. The summed E-state index contributed by atoms with van der Waals surface area (Å²) in [6.45, 7) is 6.51. The molecular formula is C14H20N2O3S. The second kappa shape index (κ2) is 5.54. The van der Waals surface area contributed by atoms with Crippen LogP contribution in [0.25, 0.3) is 0 Å². The summed E-state index contributed by atoms with van der Waals surface area (Å²) in [6, 6.07) is 6.77. The lowest BCUT2D eigenvalue weighted by molar-refractivity contribution is -0.133. The van der Waals surface area contributed by atoms with Gasteiger partial charge in [-0.05, 0) is 19.1 Å². The van der Waals surface area contributed by atoms with Crippen molar-refractivity contribution in [1.29, 1.82) is 0 Å².